The van der Waals surface area contributed by atoms with E-state index in [1.807, 2.05) is 0 Å². The molecule has 0 saturated heterocycles. The summed E-state index contributed by atoms with van der Waals surface area (Å²) in [7, 11) is 2.66. The molecule has 0 atom stereocenters. The molecule has 182 valence electrons. The molecule has 1 aliphatic rings. The fourth-order valence-corrected chi connectivity index (χ4v) is 3.65. The number of imide groups is 1. The maximum Gasteiger partial charge on any atom is 0.296 e. The SMILES string of the molecule is COc1ccc([N+](=O)[O-])c(N2C(=O)c3ccc(C(=O)Nc4ccc(OC)cc4[N+](=O)[O-])cc3C2=O)c1. The lowest BCUT2D eigenvalue weighted by atomic mass is 10.1. The minimum Gasteiger partial charge on any atom is -0.497 e. The molecule has 0 aliphatic carbocycles. The van der Waals surface area contributed by atoms with Crippen molar-refractivity contribution in [2.75, 3.05) is 24.4 Å². The minimum atomic E-state index is -0.878. The molecule has 3 aromatic rings. The summed E-state index contributed by atoms with van der Waals surface area (Å²) in [6.45, 7) is 0. The number of nitrogens with one attached hydrogen (secondary N) is 1. The van der Waals surface area contributed by atoms with Crippen molar-refractivity contribution < 1.29 is 33.7 Å². The van der Waals surface area contributed by atoms with Gasteiger partial charge in [-0.2, -0.15) is 0 Å². The van der Waals surface area contributed by atoms with Gasteiger partial charge in [0.25, 0.3) is 29.1 Å². The quantitative estimate of drug-likeness (QED) is 0.294. The van der Waals surface area contributed by atoms with Crippen LogP contribution in [-0.2, 0) is 0 Å². The maximum absolute atomic E-state index is 13.1. The molecule has 0 bridgehead atoms. The molecule has 4 rings (SSSR count). The van der Waals surface area contributed by atoms with Crippen LogP contribution in [0.25, 0.3) is 0 Å². The molecule has 1 N–H and O–H groups in total. The Labute approximate surface area is 202 Å². The van der Waals surface area contributed by atoms with E-state index in [0.29, 0.717) is 4.90 Å². The van der Waals surface area contributed by atoms with Crippen molar-refractivity contribution in [3.05, 3.63) is 91.5 Å². The molecule has 13 heteroatoms. The van der Waals surface area contributed by atoms with Gasteiger partial charge in [0, 0.05) is 17.7 Å². The van der Waals surface area contributed by atoms with Crippen LogP contribution >= 0.6 is 0 Å². The van der Waals surface area contributed by atoms with Crippen LogP contribution in [0.1, 0.15) is 31.1 Å². The van der Waals surface area contributed by atoms with Crippen LogP contribution in [0.15, 0.2) is 54.6 Å². The summed E-state index contributed by atoms with van der Waals surface area (Å²) >= 11 is 0. The van der Waals surface area contributed by atoms with Crippen LogP contribution < -0.4 is 19.7 Å². The van der Waals surface area contributed by atoms with Gasteiger partial charge in [-0.15, -0.1) is 0 Å². The number of ether oxygens (including phenoxy) is 2. The van der Waals surface area contributed by atoms with E-state index in [0.717, 1.165) is 18.2 Å². The highest BCUT2D eigenvalue weighted by Gasteiger charge is 2.40. The summed E-state index contributed by atoms with van der Waals surface area (Å²) < 4.78 is 10.0. The van der Waals surface area contributed by atoms with Gasteiger partial charge in [0.05, 0.1) is 41.3 Å². The van der Waals surface area contributed by atoms with Crippen LogP contribution in [0.5, 0.6) is 11.5 Å². The number of carbonyl (C=O) groups excluding carboxylic acids is 3. The lowest BCUT2D eigenvalue weighted by molar-refractivity contribution is -0.384. The number of carbonyl (C=O) groups is 3. The second kappa shape index (κ2) is 9.13. The topological polar surface area (TPSA) is 171 Å². The number of nitro benzene ring substituents is 2. The Bertz CT molecular complexity index is 1470. The standard InChI is InChI=1S/C23H16N4O9/c1-35-13-4-7-17(19(10-13)27(33)34)24-21(28)12-3-6-15-16(9-12)23(30)25(22(15)29)20-11-14(36-2)5-8-18(20)26(31)32/h3-11H,1-2H3,(H,24,28). The Morgan fingerprint density at radius 3 is 2.06 bits per heavy atom. The molecule has 13 nitrogen and oxygen atoms in total. The molecule has 0 fully saturated rings. The first-order chi connectivity index (χ1) is 17.2. The Morgan fingerprint density at radius 2 is 1.42 bits per heavy atom. The van der Waals surface area contributed by atoms with E-state index in [9.17, 15) is 34.6 Å². The molecule has 0 unspecified atom stereocenters. The summed E-state index contributed by atoms with van der Waals surface area (Å²) in [4.78, 5) is 61.1. The van der Waals surface area contributed by atoms with Gasteiger partial charge in [-0.3, -0.25) is 34.6 Å². The van der Waals surface area contributed by atoms with E-state index < -0.39 is 38.9 Å². The summed E-state index contributed by atoms with van der Waals surface area (Å²) in [5.41, 5.74) is -1.59. The first-order valence-corrected chi connectivity index (χ1v) is 10.1. The van der Waals surface area contributed by atoms with Gasteiger partial charge >= 0.3 is 0 Å². The molecule has 1 heterocycles. The summed E-state index contributed by atoms with van der Waals surface area (Å²) in [5, 5.41) is 25.3. The normalized spacial score (nSPS) is 12.2. The predicted octanol–water partition coefficient (Wildman–Crippen LogP) is 3.57. The highest BCUT2D eigenvalue weighted by molar-refractivity contribution is 6.35. The molecule has 3 amide bonds. The Kier molecular flexibility index (Phi) is 6.04. The van der Waals surface area contributed by atoms with Crippen molar-refractivity contribution in [1.29, 1.82) is 0 Å². The molecule has 0 radical (unpaired) electrons. The average molecular weight is 492 g/mol. The highest BCUT2D eigenvalue weighted by Crippen LogP contribution is 2.37. The number of hydrogen-bond acceptors (Lipinski definition) is 9. The molecular formula is C23H16N4O9. The summed E-state index contributed by atoms with van der Waals surface area (Å²) in [5.74, 6) is -2.07. The van der Waals surface area contributed by atoms with Crippen molar-refractivity contribution in [3.8, 4) is 11.5 Å². The van der Waals surface area contributed by atoms with Crippen molar-refractivity contribution in [3.63, 3.8) is 0 Å². The lowest BCUT2D eigenvalue weighted by Crippen LogP contribution is -2.30. The van der Waals surface area contributed by atoms with E-state index in [4.69, 9.17) is 9.47 Å². The fraction of sp³-hybridized carbons (Fsp3) is 0.0870. The van der Waals surface area contributed by atoms with Crippen molar-refractivity contribution in [2.24, 2.45) is 0 Å². The largest absolute Gasteiger partial charge is 0.497 e. The number of rotatable bonds is 7. The Balaban J connectivity index is 1.68. The molecule has 1 aliphatic heterocycles. The molecule has 0 saturated carbocycles. The number of amides is 3. The number of nitro groups is 2. The minimum absolute atomic E-state index is 0.0657. The Hall–Kier alpha value is -5.33. The van der Waals surface area contributed by atoms with E-state index >= 15 is 0 Å². The zero-order valence-corrected chi connectivity index (χ0v) is 18.7. The maximum atomic E-state index is 13.1. The molecule has 0 spiro atoms. The first kappa shape index (κ1) is 23.8. The number of hydrogen-bond donors (Lipinski definition) is 1. The first-order valence-electron chi connectivity index (χ1n) is 10.1. The van der Waals surface area contributed by atoms with Crippen LogP contribution in [0, 0.1) is 20.2 Å². The number of nitrogens with zero attached hydrogens (tertiary/aromatic N) is 3. The van der Waals surface area contributed by atoms with Gasteiger partial charge in [-0.05, 0) is 36.4 Å². The van der Waals surface area contributed by atoms with Gasteiger partial charge < -0.3 is 14.8 Å². The van der Waals surface area contributed by atoms with Crippen molar-refractivity contribution >= 4 is 40.5 Å². The van der Waals surface area contributed by atoms with Gasteiger partial charge in [0.1, 0.15) is 22.9 Å². The molecular weight excluding hydrogens is 476 g/mol. The number of anilines is 2. The summed E-state index contributed by atoms with van der Waals surface area (Å²) in [6, 6.07) is 11.1. The van der Waals surface area contributed by atoms with Gasteiger partial charge in [-0.25, -0.2) is 4.90 Å². The zero-order valence-electron chi connectivity index (χ0n) is 18.7. The molecule has 36 heavy (non-hydrogen) atoms. The number of benzene rings is 3. The van der Waals surface area contributed by atoms with E-state index in [1.54, 1.807) is 0 Å². The van der Waals surface area contributed by atoms with Crippen molar-refractivity contribution in [1.82, 2.24) is 0 Å². The van der Waals surface area contributed by atoms with E-state index in [1.165, 1.54) is 50.6 Å². The van der Waals surface area contributed by atoms with E-state index in [-0.39, 0.29) is 39.6 Å². The number of methoxy groups -OCH3 is 2. The highest BCUT2D eigenvalue weighted by atomic mass is 16.6. The average Bonchev–Trinajstić information content (AvgIpc) is 3.12. The van der Waals surface area contributed by atoms with Gasteiger partial charge in [-0.1, -0.05) is 0 Å². The van der Waals surface area contributed by atoms with Gasteiger partial charge in [0.2, 0.25) is 0 Å². The lowest BCUT2D eigenvalue weighted by Gasteiger charge is -2.14. The third kappa shape index (κ3) is 4.04. The monoisotopic (exact) mass is 492 g/mol. The zero-order chi connectivity index (χ0) is 26.1. The molecule has 0 aromatic heterocycles. The predicted molar refractivity (Wildman–Crippen MR) is 125 cm³/mol. The van der Waals surface area contributed by atoms with E-state index in [2.05, 4.69) is 5.32 Å². The Morgan fingerprint density at radius 1 is 0.806 bits per heavy atom. The van der Waals surface area contributed by atoms with Crippen LogP contribution in [0.2, 0.25) is 0 Å². The van der Waals surface area contributed by atoms with Crippen LogP contribution in [0.3, 0.4) is 0 Å². The molecule has 3 aromatic carbocycles. The third-order valence-electron chi connectivity index (χ3n) is 5.42. The number of fused-ring (bicyclic) bond motifs is 1. The second-order valence-electron chi connectivity index (χ2n) is 7.41. The fourth-order valence-electron chi connectivity index (χ4n) is 3.65. The van der Waals surface area contributed by atoms with Gasteiger partial charge in [0.15, 0.2) is 0 Å². The van der Waals surface area contributed by atoms with Crippen LogP contribution in [-0.4, -0.2) is 41.8 Å². The second-order valence-corrected chi connectivity index (χ2v) is 7.41. The van der Waals surface area contributed by atoms with Crippen molar-refractivity contribution in [2.45, 2.75) is 0 Å². The van der Waals surface area contributed by atoms with Crippen LogP contribution in [0.4, 0.5) is 22.7 Å². The smallest absolute Gasteiger partial charge is 0.296 e. The third-order valence-corrected chi connectivity index (χ3v) is 5.42. The summed E-state index contributed by atoms with van der Waals surface area (Å²) in [6.07, 6.45) is 0.